The van der Waals surface area contributed by atoms with Crippen molar-refractivity contribution in [1.82, 2.24) is 9.97 Å². The Labute approximate surface area is 194 Å². The second kappa shape index (κ2) is 7.86. The molecule has 0 atom stereocenters. The Bertz CT molecular complexity index is 1340. The number of anilines is 5. The summed E-state index contributed by atoms with van der Waals surface area (Å²) in [6.45, 7) is 0. The number of rotatable bonds is 6. The van der Waals surface area contributed by atoms with Gasteiger partial charge in [0.25, 0.3) is 0 Å². The standard InChI is InChI=1S/C22H20BrN5O3S/c1-28-18-9-6-14(10-13(18)11-20(28)29)25-22-24-12-16(23)21(27-22)26-17-4-2-3-5-19(17)32(30,31)15-7-8-15/h2-6,9-10,12,15H,7-8,11H2,1H3,(H2,24,25,26,27). The third-order valence-electron chi connectivity index (χ3n) is 5.57. The van der Waals surface area contributed by atoms with E-state index in [1.807, 2.05) is 18.2 Å². The van der Waals surface area contributed by atoms with Gasteiger partial charge in [-0.2, -0.15) is 4.98 Å². The third-order valence-corrected chi connectivity index (χ3v) is 8.47. The third kappa shape index (κ3) is 3.84. The number of amides is 1. The van der Waals surface area contributed by atoms with E-state index in [2.05, 4.69) is 36.5 Å². The van der Waals surface area contributed by atoms with Crippen LogP contribution in [0.2, 0.25) is 0 Å². The molecule has 164 valence electrons. The fourth-order valence-corrected chi connectivity index (χ4v) is 5.80. The van der Waals surface area contributed by atoms with E-state index in [1.165, 1.54) is 0 Å². The van der Waals surface area contributed by atoms with Gasteiger partial charge in [-0.1, -0.05) is 12.1 Å². The number of carbonyl (C=O) groups is 1. The summed E-state index contributed by atoms with van der Waals surface area (Å²) in [5, 5.41) is 6.00. The highest BCUT2D eigenvalue weighted by Crippen LogP contribution is 2.38. The van der Waals surface area contributed by atoms with Gasteiger partial charge < -0.3 is 15.5 Å². The van der Waals surface area contributed by atoms with Gasteiger partial charge in [-0.25, -0.2) is 13.4 Å². The Morgan fingerprint density at radius 2 is 1.91 bits per heavy atom. The fourth-order valence-electron chi connectivity index (χ4n) is 3.70. The van der Waals surface area contributed by atoms with Crippen LogP contribution in [0.1, 0.15) is 18.4 Å². The van der Waals surface area contributed by atoms with E-state index in [1.54, 1.807) is 42.4 Å². The molecule has 0 unspecified atom stereocenters. The number of sulfone groups is 1. The van der Waals surface area contributed by atoms with Gasteiger partial charge in [-0.15, -0.1) is 0 Å². The van der Waals surface area contributed by atoms with Crippen LogP contribution in [-0.4, -0.2) is 36.6 Å². The zero-order chi connectivity index (χ0) is 22.5. The summed E-state index contributed by atoms with van der Waals surface area (Å²) in [5.41, 5.74) is 3.07. The van der Waals surface area contributed by atoms with Crippen LogP contribution in [0.15, 0.2) is 58.0 Å². The van der Waals surface area contributed by atoms with Gasteiger partial charge in [-0.05, 0) is 64.7 Å². The molecule has 0 bridgehead atoms. The molecule has 1 aromatic heterocycles. The van der Waals surface area contributed by atoms with Gasteiger partial charge in [0.1, 0.15) is 5.82 Å². The average molecular weight is 514 g/mol. The van der Waals surface area contributed by atoms with Crippen LogP contribution < -0.4 is 15.5 Å². The molecular formula is C22H20BrN5O3S. The van der Waals surface area contributed by atoms with Gasteiger partial charge in [0.2, 0.25) is 11.9 Å². The van der Waals surface area contributed by atoms with Crippen molar-refractivity contribution in [2.75, 3.05) is 22.6 Å². The normalized spacial score (nSPS) is 15.6. The molecule has 1 aliphatic heterocycles. The first-order valence-electron chi connectivity index (χ1n) is 10.1. The summed E-state index contributed by atoms with van der Waals surface area (Å²) in [7, 11) is -1.61. The lowest BCUT2D eigenvalue weighted by molar-refractivity contribution is -0.117. The number of fused-ring (bicyclic) bond motifs is 1. The Morgan fingerprint density at radius 3 is 2.69 bits per heavy atom. The van der Waals surface area contributed by atoms with Gasteiger partial charge in [0.05, 0.1) is 26.7 Å². The van der Waals surface area contributed by atoms with E-state index in [-0.39, 0.29) is 16.1 Å². The van der Waals surface area contributed by atoms with E-state index < -0.39 is 9.84 Å². The number of para-hydroxylation sites is 1. The van der Waals surface area contributed by atoms with E-state index in [0.717, 1.165) is 16.9 Å². The quantitative estimate of drug-likeness (QED) is 0.509. The van der Waals surface area contributed by atoms with Crippen molar-refractivity contribution in [2.24, 2.45) is 0 Å². The molecule has 1 amide bonds. The van der Waals surface area contributed by atoms with Crippen LogP contribution in [0.5, 0.6) is 0 Å². The molecular weight excluding hydrogens is 494 g/mol. The number of hydrogen-bond donors (Lipinski definition) is 2. The van der Waals surface area contributed by atoms with E-state index in [0.29, 0.717) is 41.2 Å². The van der Waals surface area contributed by atoms with Gasteiger partial charge in [0, 0.05) is 24.6 Å². The molecule has 2 aliphatic rings. The Kier molecular flexibility index (Phi) is 5.13. The van der Waals surface area contributed by atoms with E-state index in [9.17, 15) is 13.2 Å². The minimum atomic E-state index is -3.37. The Hall–Kier alpha value is -2.98. The van der Waals surface area contributed by atoms with Crippen molar-refractivity contribution < 1.29 is 13.2 Å². The largest absolute Gasteiger partial charge is 0.338 e. The Balaban J connectivity index is 1.42. The SMILES string of the molecule is CN1C(=O)Cc2cc(Nc3ncc(Br)c(Nc4ccccc4S(=O)(=O)C4CC4)n3)ccc21. The molecule has 0 radical (unpaired) electrons. The molecule has 2 N–H and O–H groups in total. The van der Waals surface area contributed by atoms with Crippen LogP contribution in [0.3, 0.4) is 0 Å². The summed E-state index contributed by atoms with van der Waals surface area (Å²) < 4.78 is 26.2. The summed E-state index contributed by atoms with van der Waals surface area (Å²) in [6, 6.07) is 12.5. The van der Waals surface area contributed by atoms with Gasteiger partial charge in [-0.3, -0.25) is 4.79 Å². The summed E-state index contributed by atoms with van der Waals surface area (Å²) >= 11 is 3.44. The maximum atomic E-state index is 12.8. The minimum absolute atomic E-state index is 0.0587. The first-order chi connectivity index (χ1) is 15.3. The number of aromatic nitrogens is 2. The van der Waals surface area contributed by atoms with Crippen molar-refractivity contribution in [3.8, 4) is 0 Å². The number of carbonyl (C=O) groups excluding carboxylic acids is 1. The van der Waals surface area contributed by atoms with Crippen molar-refractivity contribution >= 4 is 60.5 Å². The maximum Gasteiger partial charge on any atom is 0.231 e. The van der Waals surface area contributed by atoms with Crippen LogP contribution in [0, 0.1) is 0 Å². The smallest absolute Gasteiger partial charge is 0.231 e. The van der Waals surface area contributed by atoms with Crippen molar-refractivity contribution in [3.63, 3.8) is 0 Å². The van der Waals surface area contributed by atoms with Crippen LogP contribution in [-0.2, 0) is 21.1 Å². The Morgan fingerprint density at radius 1 is 1.12 bits per heavy atom. The van der Waals surface area contributed by atoms with E-state index >= 15 is 0 Å². The molecule has 1 saturated carbocycles. The highest BCUT2D eigenvalue weighted by molar-refractivity contribution is 9.10. The van der Waals surface area contributed by atoms with Crippen LogP contribution in [0.25, 0.3) is 0 Å². The van der Waals surface area contributed by atoms with Crippen molar-refractivity contribution in [1.29, 1.82) is 0 Å². The number of nitrogens with zero attached hydrogens (tertiary/aromatic N) is 3. The van der Waals surface area contributed by atoms with Crippen LogP contribution >= 0.6 is 15.9 Å². The fraction of sp³-hybridized carbons (Fsp3) is 0.227. The minimum Gasteiger partial charge on any atom is -0.338 e. The lowest BCUT2D eigenvalue weighted by Gasteiger charge is -2.14. The zero-order valence-corrected chi connectivity index (χ0v) is 19.6. The topological polar surface area (TPSA) is 104 Å². The first-order valence-corrected chi connectivity index (χ1v) is 12.5. The molecule has 0 spiro atoms. The lowest BCUT2D eigenvalue weighted by Crippen LogP contribution is -2.20. The number of hydrogen-bond acceptors (Lipinski definition) is 7. The number of nitrogens with one attached hydrogen (secondary N) is 2. The molecule has 10 heteroatoms. The van der Waals surface area contributed by atoms with Gasteiger partial charge >= 0.3 is 0 Å². The summed E-state index contributed by atoms with van der Waals surface area (Å²) in [4.78, 5) is 22.7. The highest BCUT2D eigenvalue weighted by atomic mass is 79.9. The monoisotopic (exact) mass is 513 g/mol. The molecule has 5 rings (SSSR count). The first kappa shape index (κ1) is 20.9. The summed E-state index contributed by atoms with van der Waals surface area (Å²) in [5.74, 6) is 0.844. The number of likely N-dealkylation sites (N-methyl/N-ethyl adjacent to an activating group) is 1. The number of benzene rings is 2. The van der Waals surface area contributed by atoms with Crippen LogP contribution in [0.4, 0.5) is 28.8 Å². The predicted molar refractivity (Wildman–Crippen MR) is 127 cm³/mol. The second-order valence-corrected chi connectivity index (χ2v) is 10.9. The zero-order valence-electron chi connectivity index (χ0n) is 17.2. The molecule has 32 heavy (non-hydrogen) atoms. The molecule has 3 aromatic rings. The maximum absolute atomic E-state index is 12.8. The molecule has 1 aliphatic carbocycles. The lowest BCUT2D eigenvalue weighted by atomic mass is 10.1. The molecule has 1 fully saturated rings. The summed E-state index contributed by atoms with van der Waals surface area (Å²) in [6.07, 6.45) is 3.36. The van der Waals surface area contributed by atoms with Crippen molar-refractivity contribution in [2.45, 2.75) is 29.4 Å². The molecule has 2 aromatic carbocycles. The average Bonchev–Trinajstić information content (AvgIpc) is 3.59. The predicted octanol–water partition coefficient (Wildman–Crippen LogP) is 4.18. The highest BCUT2D eigenvalue weighted by Gasteiger charge is 2.38. The number of halogens is 1. The van der Waals surface area contributed by atoms with E-state index in [4.69, 9.17) is 0 Å². The molecule has 2 heterocycles. The van der Waals surface area contributed by atoms with Crippen molar-refractivity contribution in [3.05, 3.63) is 58.7 Å². The van der Waals surface area contributed by atoms with Gasteiger partial charge in [0.15, 0.2) is 9.84 Å². The molecule has 0 saturated heterocycles. The molecule has 8 nitrogen and oxygen atoms in total. The second-order valence-electron chi connectivity index (χ2n) is 7.85.